The van der Waals surface area contributed by atoms with Gasteiger partial charge in [-0.3, -0.25) is 5.43 Å². The number of para-hydroxylation sites is 2. The molecule has 0 radical (unpaired) electrons. The largest absolute Gasteiger partial charge is 0.507 e. The highest BCUT2D eigenvalue weighted by Gasteiger charge is 2.11. The van der Waals surface area contributed by atoms with Gasteiger partial charge in [0, 0.05) is 5.39 Å². The summed E-state index contributed by atoms with van der Waals surface area (Å²) in [5.41, 5.74) is 5.30. The van der Waals surface area contributed by atoms with Crippen molar-refractivity contribution in [3.05, 3.63) is 78.4 Å². The molecule has 6 heteroatoms. The number of hydrogen-bond donors (Lipinski definition) is 2. The van der Waals surface area contributed by atoms with E-state index in [9.17, 15) is 5.11 Å². The topological polar surface area (TPSA) is 79.6 Å². The smallest absolute Gasteiger partial charge is 0.165 e. The third-order valence-corrected chi connectivity index (χ3v) is 4.78. The van der Waals surface area contributed by atoms with Crippen LogP contribution in [0.15, 0.2) is 77.9 Å². The van der Waals surface area contributed by atoms with Crippen LogP contribution in [0.3, 0.4) is 0 Å². The first-order valence-corrected chi connectivity index (χ1v) is 10.3. The molecular weight excluding hydrogens is 388 g/mol. The first kappa shape index (κ1) is 20.3. The summed E-state index contributed by atoms with van der Waals surface area (Å²) in [6.07, 6.45) is 3.88. The quantitative estimate of drug-likeness (QED) is 0.223. The lowest BCUT2D eigenvalue weighted by Crippen LogP contribution is -1.99. The van der Waals surface area contributed by atoms with E-state index in [-0.39, 0.29) is 5.75 Å². The lowest BCUT2D eigenvalue weighted by Gasteiger charge is -2.09. The number of ether oxygens (including phenoxy) is 1. The molecule has 3 aromatic carbocycles. The lowest BCUT2D eigenvalue weighted by atomic mass is 10.1. The van der Waals surface area contributed by atoms with Gasteiger partial charge in [-0.15, -0.1) is 0 Å². The molecule has 0 spiro atoms. The number of aromatic nitrogens is 2. The van der Waals surface area contributed by atoms with Gasteiger partial charge in [0.2, 0.25) is 0 Å². The number of aromatic hydroxyl groups is 1. The van der Waals surface area contributed by atoms with Gasteiger partial charge in [-0.05, 0) is 60.5 Å². The van der Waals surface area contributed by atoms with Crippen LogP contribution in [0.25, 0.3) is 22.3 Å². The number of anilines is 1. The average molecular weight is 412 g/mol. The number of benzene rings is 3. The first-order valence-electron chi connectivity index (χ1n) is 10.3. The van der Waals surface area contributed by atoms with Gasteiger partial charge in [-0.1, -0.05) is 37.6 Å². The Balaban J connectivity index is 1.56. The Morgan fingerprint density at radius 2 is 1.74 bits per heavy atom. The molecule has 0 saturated heterocycles. The first-order chi connectivity index (χ1) is 15.2. The number of fused-ring (bicyclic) bond motifs is 1. The minimum Gasteiger partial charge on any atom is -0.507 e. The van der Waals surface area contributed by atoms with Crippen molar-refractivity contribution >= 4 is 22.9 Å². The van der Waals surface area contributed by atoms with E-state index in [4.69, 9.17) is 4.74 Å². The van der Waals surface area contributed by atoms with Crippen LogP contribution in [-0.4, -0.2) is 27.9 Å². The Morgan fingerprint density at radius 3 is 2.55 bits per heavy atom. The van der Waals surface area contributed by atoms with Crippen molar-refractivity contribution in [2.45, 2.75) is 19.8 Å². The summed E-state index contributed by atoms with van der Waals surface area (Å²) >= 11 is 0. The van der Waals surface area contributed by atoms with Gasteiger partial charge in [0.1, 0.15) is 11.5 Å². The van der Waals surface area contributed by atoms with E-state index in [2.05, 4.69) is 27.4 Å². The Bertz CT molecular complexity index is 1190. The van der Waals surface area contributed by atoms with E-state index in [1.54, 1.807) is 24.4 Å². The number of nitrogens with one attached hydrogen (secondary N) is 1. The normalized spacial score (nSPS) is 11.1. The maximum atomic E-state index is 10.2. The van der Waals surface area contributed by atoms with Crippen molar-refractivity contribution < 1.29 is 9.84 Å². The van der Waals surface area contributed by atoms with Crippen LogP contribution in [0.2, 0.25) is 0 Å². The van der Waals surface area contributed by atoms with Gasteiger partial charge in [-0.2, -0.15) is 5.10 Å². The third-order valence-electron chi connectivity index (χ3n) is 4.78. The van der Waals surface area contributed by atoms with E-state index in [0.29, 0.717) is 17.2 Å². The molecule has 0 aliphatic carbocycles. The van der Waals surface area contributed by atoms with Crippen molar-refractivity contribution in [1.29, 1.82) is 0 Å². The molecule has 0 aliphatic rings. The van der Waals surface area contributed by atoms with Gasteiger partial charge in [0.25, 0.3) is 0 Å². The summed E-state index contributed by atoms with van der Waals surface area (Å²) in [6, 6.07) is 22.5. The molecule has 4 aromatic rings. The molecule has 1 aromatic heterocycles. The molecule has 1 heterocycles. The SMILES string of the molecule is CCCCOc1ccc(/C=N\Nc2nc(-c3ccccc3O)nc3ccccc23)cc1. The minimum atomic E-state index is 0.133. The van der Waals surface area contributed by atoms with Gasteiger partial charge >= 0.3 is 0 Å². The zero-order chi connectivity index (χ0) is 21.5. The van der Waals surface area contributed by atoms with Crippen molar-refractivity contribution in [2.24, 2.45) is 5.10 Å². The molecule has 156 valence electrons. The fraction of sp³-hybridized carbons (Fsp3) is 0.160. The number of hydrogen-bond acceptors (Lipinski definition) is 6. The number of rotatable bonds is 8. The molecular formula is C25H24N4O2. The third kappa shape index (κ3) is 4.98. The summed E-state index contributed by atoms with van der Waals surface area (Å²) in [4.78, 5) is 9.20. The summed E-state index contributed by atoms with van der Waals surface area (Å²) in [6.45, 7) is 2.87. The number of unbranched alkanes of at least 4 members (excludes halogenated alkanes) is 1. The monoisotopic (exact) mass is 412 g/mol. The molecule has 0 aliphatic heterocycles. The summed E-state index contributed by atoms with van der Waals surface area (Å²) in [5, 5.41) is 15.4. The van der Waals surface area contributed by atoms with Crippen molar-refractivity contribution in [1.82, 2.24) is 9.97 Å². The maximum Gasteiger partial charge on any atom is 0.165 e. The summed E-state index contributed by atoms with van der Waals surface area (Å²) in [5.74, 6) is 1.99. The predicted octanol–water partition coefficient (Wildman–Crippen LogP) is 5.63. The van der Waals surface area contributed by atoms with Crippen LogP contribution in [0.1, 0.15) is 25.3 Å². The Morgan fingerprint density at radius 1 is 0.968 bits per heavy atom. The fourth-order valence-electron chi connectivity index (χ4n) is 3.10. The Hall–Kier alpha value is -3.93. The van der Waals surface area contributed by atoms with Crippen LogP contribution in [0, 0.1) is 0 Å². The van der Waals surface area contributed by atoms with Crippen LogP contribution in [0.5, 0.6) is 11.5 Å². The van der Waals surface area contributed by atoms with Crippen molar-refractivity contribution in [2.75, 3.05) is 12.0 Å². The van der Waals surface area contributed by atoms with E-state index in [1.165, 1.54) is 0 Å². The van der Waals surface area contributed by atoms with Crippen LogP contribution in [-0.2, 0) is 0 Å². The molecule has 0 fully saturated rings. The van der Waals surface area contributed by atoms with Crippen molar-refractivity contribution in [3.8, 4) is 22.9 Å². The van der Waals surface area contributed by atoms with Crippen molar-refractivity contribution in [3.63, 3.8) is 0 Å². The number of nitrogens with zero attached hydrogens (tertiary/aromatic N) is 3. The van der Waals surface area contributed by atoms with Crippen LogP contribution >= 0.6 is 0 Å². The minimum absolute atomic E-state index is 0.133. The highest BCUT2D eigenvalue weighted by atomic mass is 16.5. The zero-order valence-electron chi connectivity index (χ0n) is 17.3. The second kappa shape index (κ2) is 9.71. The fourth-order valence-corrected chi connectivity index (χ4v) is 3.10. The molecule has 4 rings (SSSR count). The van der Waals surface area contributed by atoms with E-state index < -0.39 is 0 Å². The lowest BCUT2D eigenvalue weighted by molar-refractivity contribution is 0.309. The molecule has 0 saturated carbocycles. The molecule has 31 heavy (non-hydrogen) atoms. The Kier molecular flexibility index (Phi) is 6.38. The summed E-state index contributed by atoms with van der Waals surface area (Å²) < 4.78 is 5.69. The van der Waals surface area contributed by atoms with E-state index >= 15 is 0 Å². The van der Waals surface area contributed by atoms with Gasteiger partial charge in [-0.25, -0.2) is 9.97 Å². The highest BCUT2D eigenvalue weighted by molar-refractivity contribution is 5.91. The number of phenolic OH excluding ortho intramolecular Hbond substituents is 1. The van der Waals surface area contributed by atoms with E-state index in [0.717, 1.165) is 41.7 Å². The number of phenols is 1. The number of hydrazone groups is 1. The molecule has 2 N–H and O–H groups in total. The Labute approximate surface area is 181 Å². The predicted molar refractivity (Wildman–Crippen MR) is 125 cm³/mol. The second-order valence-corrected chi connectivity index (χ2v) is 7.07. The highest BCUT2D eigenvalue weighted by Crippen LogP contribution is 2.29. The van der Waals surface area contributed by atoms with Crippen LogP contribution in [0.4, 0.5) is 5.82 Å². The molecule has 0 amide bonds. The second-order valence-electron chi connectivity index (χ2n) is 7.07. The molecule has 0 atom stereocenters. The van der Waals surface area contributed by atoms with Gasteiger partial charge in [0.15, 0.2) is 11.6 Å². The zero-order valence-corrected chi connectivity index (χ0v) is 17.3. The maximum absolute atomic E-state index is 10.2. The summed E-state index contributed by atoms with van der Waals surface area (Å²) in [7, 11) is 0. The van der Waals surface area contributed by atoms with E-state index in [1.807, 2.05) is 54.6 Å². The van der Waals surface area contributed by atoms with Gasteiger partial charge in [0.05, 0.1) is 23.9 Å². The van der Waals surface area contributed by atoms with Crippen LogP contribution < -0.4 is 10.2 Å². The molecule has 0 unspecified atom stereocenters. The molecule has 6 nitrogen and oxygen atoms in total. The molecule has 0 bridgehead atoms. The average Bonchev–Trinajstić information content (AvgIpc) is 2.80. The van der Waals surface area contributed by atoms with Gasteiger partial charge < -0.3 is 9.84 Å². The standard InChI is InChI=1S/C25H24N4O2/c1-2-3-16-31-19-14-12-18(13-15-19)17-26-29-25-20-8-4-6-10-22(20)27-24(28-25)21-9-5-7-11-23(21)30/h4-15,17,30H,2-3,16H2,1H3,(H,27,28,29)/b26-17-.